The van der Waals surface area contributed by atoms with Crippen LogP contribution in [0.25, 0.3) is 11.3 Å². The van der Waals surface area contributed by atoms with Gasteiger partial charge in [-0.1, -0.05) is 35.5 Å². The predicted octanol–water partition coefficient (Wildman–Crippen LogP) is 1.15. The number of aliphatic hydroxyl groups is 1. The highest BCUT2D eigenvalue weighted by Gasteiger charge is 2.36. The first kappa shape index (κ1) is 16.6. The van der Waals surface area contributed by atoms with Gasteiger partial charge in [0.05, 0.1) is 17.8 Å². The van der Waals surface area contributed by atoms with Gasteiger partial charge in [0.1, 0.15) is 0 Å². The second kappa shape index (κ2) is 6.81. The highest BCUT2D eigenvalue weighted by Crippen LogP contribution is 2.27. The van der Waals surface area contributed by atoms with Crippen molar-refractivity contribution in [3.05, 3.63) is 54.0 Å². The van der Waals surface area contributed by atoms with Crippen molar-refractivity contribution in [1.29, 1.82) is 0 Å². The molecular weight excluding hydrogens is 334 g/mol. The second-order valence-corrected chi connectivity index (χ2v) is 6.64. The Morgan fingerprint density at radius 3 is 2.85 bits per heavy atom. The van der Waals surface area contributed by atoms with Crippen LogP contribution in [0.15, 0.2) is 52.8 Å². The van der Waals surface area contributed by atoms with Crippen LogP contribution in [0.3, 0.4) is 0 Å². The molecule has 1 fully saturated rings. The van der Waals surface area contributed by atoms with Crippen molar-refractivity contribution in [2.24, 2.45) is 0 Å². The third-order valence-corrected chi connectivity index (χ3v) is 4.70. The summed E-state index contributed by atoms with van der Waals surface area (Å²) in [5.74, 6) is 0.345. The van der Waals surface area contributed by atoms with E-state index in [4.69, 9.17) is 4.52 Å². The molecule has 0 saturated heterocycles. The fourth-order valence-electron chi connectivity index (χ4n) is 3.07. The van der Waals surface area contributed by atoms with Gasteiger partial charge in [-0.15, -0.1) is 5.53 Å². The average Bonchev–Trinajstić information content (AvgIpc) is 3.28. The van der Waals surface area contributed by atoms with Crippen molar-refractivity contribution in [3.8, 4) is 11.3 Å². The molecule has 2 aliphatic rings. The summed E-state index contributed by atoms with van der Waals surface area (Å²) >= 11 is 0. The highest BCUT2D eigenvalue weighted by atomic mass is 16.5. The van der Waals surface area contributed by atoms with Crippen molar-refractivity contribution in [3.63, 3.8) is 0 Å². The van der Waals surface area contributed by atoms with Gasteiger partial charge in [-0.25, -0.2) is 0 Å². The van der Waals surface area contributed by atoms with Gasteiger partial charge < -0.3 is 20.4 Å². The fourth-order valence-corrected chi connectivity index (χ4v) is 3.07. The lowest BCUT2D eigenvalue weighted by Gasteiger charge is -2.40. The molecule has 0 unspecified atom stereocenters. The summed E-state index contributed by atoms with van der Waals surface area (Å²) in [6.45, 7) is 1.70. The van der Waals surface area contributed by atoms with Crippen LogP contribution in [0.5, 0.6) is 0 Å². The predicted molar refractivity (Wildman–Crippen MR) is 94.1 cm³/mol. The Bertz CT molecular complexity index is 811. The SMILES string of the molecule is C[C@H](O)C1=CN(C2CC(NC(=O)c3cc(-c4ccccc4)on3)C2)NN1. The molecule has 4 N–H and O–H groups in total. The third-order valence-electron chi connectivity index (χ3n) is 4.70. The van der Waals surface area contributed by atoms with Crippen LogP contribution < -0.4 is 16.3 Å². The lowest BCUT2D eigenvalue weighted by atomic mass is 9.86. The van der Waals surface area contributed by atoms with Crippen molar-refractivity contribution in [2.45, 2.75) is 38.0 Å². The topological polar surface area (TPSA) is 103 Å². The number of aliphatic hydroxyl groups excluding tert-OH is 1. The molecule has 26 heavy (non-hydrogen) atoms. The molecule has 4 rings (SSSR count). The second-order valence-electron chi connectivity index (χ2n) is 6.64. The number of rotatable bonds is 5. The third kappa shape index (κ3) is 3.29. The number of nitrogens with one attached hydrogen (secondary N) is 3. The van der Waals surface area contributed by atoms with Gasteiger partial charge in [0.25, 0.3) is 5.91 Å². The van der Waals surface area contributed by atoms with Crippen molar-refractivity contribution in [1.82, 2.24) is 26.4 Å². The number of aromatic nitrogens is 1. The van der Waals surface area contributed by atoms with Crippen LogP contribution in [0.2, 0.25) is 0 Å². The number of hydrogen-bond donors (Lipinski definition) is 4. The molecule has 1 atom stereocenters. The zero-order valence-electron chi connectivity index (χ0n) is 14.3. The Kier molecular flexibility index (Phi) is 4.36. The number of amides is 1. The summed E-state index contributed by atoms with van der Waals surface area (Å²) in [5.41, 5.74) is 7.84. The van der Waals surface area contributed by atoms with Crippen molar-refractivity contribution < 1.29 is 14.4 Å². The molecule has 136 valence electrons. The maximum absolute atomic E-state index is 12.3. The van der Waals surface area contributed by atoms with Crippen LogP contribution >= 0.6 is 0 Å². The zero-order valence-corrected chi connectivity index (χ0v) is 14.3. The standard InChI is InChI=1S/C18H21N5O3/c1-11(24)16-10-23(22-20-16)14-7-13(8-14)19-18(25)15-9-17(26-21-15)12-5-3-2-4-6-12/h2-6,9-11,13-14,20,22,24H,7-8H2,1H3,(H,19,25)/t11-,13?,14?/m0/s1. The van der Waals surface area contributed by atoms with E-state index in [0.29, 0.717) is 5.76 Å². The van der Waals surface area contributed by atoms with E-state index >= 15 is 0 Å². The summed E-state index contributed by atoms with van der Waals surface area (Å²) < 4.78 is 5.27. The molecule has 8 nitrogen and oxygen atoms in total. The van der Waals surface area contributed by atoms with E-state index in [0.717, 1.165) is 24.1 Å². The van der Waals surface area contributed by atoms with Gasteiger partial charge in [0.15, 0.2) is 11.5 Å². The van der Waals surface area contributed by atoms with Gasteiger partial charge in [-0.2, -0.15) is 0 Å². The first-order chi connectivity index (χ1) is 12.6. The Morgan fingerprint density at radius 2 is 2.15 bits per heavy atom. The normalized spacial score (nSPS) is 23.0. The van der Waals surface area contributed by atoms with Gasteiger partial charge in [0, 0.05) is 23.9 Å². The van der Waals surface area contributed by atoms with Gasteiger partial charge in [0.2, 0.25) is 0 Å². The molecule has 1 aromatic carbocycles. The maximum atomic E-state index is 12.3. The van der Waals surface area contributed by atoms with Crippen LogP contribution in [-0.4, -0.2) is 39.4 Å². The first-order valence-electron chi connectivity index (χ1n) is 8.63. The fraction of sp³-hybridized carbons (Fsp3) is 0.333. The van der Waals surface area contributed by atoms with E-state index in [9.17, 15) is 9.90 Å². The number of benzene rings is 1. The number of nitrogens with zero attached hydrogens (tertiary/aromatic N) is 2. The van der Waals surface area contributed by atoms with Gasteiger partial charge in [-0.3, -0.25) is 9.80 Å². The minimum atomic E-state index is -0.547. The van der Waals surface area contributed by atoms with E-state index in [1.165, 1.54) is 0 Å². The molecule has 1 aromatic heterocycles. The Labute approximate surface area is 150 Å². The monoisotopic (exact) mass is 355 g/mol. The van der Waals surface area contributed by atoms with Gasteiger partial charge in [-0.05, 0) is 19.8 Å². The summed E-state index contributed by atoms with van der Waals surface area (Å²) in [4.78, 5) is 12.3. The van der Waals surface area contributed by atoms with E-state index in [1.54, 1.807) is 13.0 Å². The Balaban J connectivity index is 1.30. The van der Waals surface area contributed by atoms with E-state index < -0.39 is 6.10 Å². The molecule has 0 bridgehead atoms. The lowest BCUT2D eigenvalue weighted by Crippen LogP contribution is -2.56. The number of hydrazine groups is 2. The first-order valence-corrected chi connectivity index (χ1v) is 8.63. The minimum absolute atomic E-state index is 0.0928. The molecule has 0 radical (unpaired) electrons. The van der Waals surface area contributed by atoms with Crippen molar-refractivity contribution >= 4 is 5.91 Å². The smallest absolute Gasteiger partial charge is 0.273 e. The molecule has 1 aliphatic carbocycles. The lowest BCUT2D eigenvalue weighted by molar-refractivity contribution is 0.0754. The Hall–Kier alpha value is -2.84. The maximum Gasteiger partial charge on any atom is 0.273 e. The van der Waals surface area contributed by atoms with E-state index in [2.05, 4.69) is 21.4 Å². The van der Waals surface area contributed by atoms with Crippen LogP contribution in [0, 0.1) is 0 Å². The molecule has 0 spiro atoms. The molecule has 1 aliphatic heterocycles. The average molecular weight is 355 g/mol. The van der Waals surface area contributed by atoms with Crippen molar-refractivity contribution in [2.75, 3.05) is 0 Å². The summed E-state index contributed by atoms with van der Waals surface area (Å²) in [6.07, 6.45) is 2.94. The molecule has 2 heterocycles. The van der Waals surface area contributed by atoms with Gasteiger partial charge >= 0.3 is 0 Å². The number of hydrogen-bond acceptors (Lipinski definition) is 7. The molecular formula is C18H21N5O3. The molecule has 8 heteroatoms. The van der Waals surface area contributed by atoms with Crippen LogP contribution in [0.1, 0.15) is 30.3 Å². The summed E-state index contributed by atoms with van der Waals surface area (Å²) in [6, 6.07) is 11.6. The number of carbonyl (C=O) groups excluding carboxylic acids is 1. The molecule has 2 aromatic rings. The van der Waals surface area contributed by atoms with Crippen LogP contribution in [-0.2, 0) is 0 Å². The minimum Gasteiger partial charge on any atom is -0.387 e. The largest absolute Gasteiger partial charge is 0.387 e. The zero-order chi connectivity index (χ0) is 18.1. The van der Waals surface area contributed by atoms with Crippen LogP contribution in [0.4, 0.5) is 0 Å². The summed E-state index contributed by atoms with van der Waals surface area (Å²) in [5, 5.41) is 18.3. The van der Waals surface area contributed by atoms with E-state index in [1.807, 2.05) is 41.5 Å². The number of carbonyl (C=O) groups is 1. The molecule has 1 saturated carbocycles. The quantitative estimate of drug-likeness (QED) is 0.638. The van der Waals surface area contributed by atoms with E-state index in [-0.39, 0.29) is 23.7 Å². The highest BCUT2D eigenvalue weighted by molar-refractivity contribution is 5.93. The molecule has 1 amide bonds. The Morgan fingerprint density at radius 1 is 1.38 bits per heavy atom. The summed E-state index contributed by atoms with van der Waals surface area (Å²) in [7, 11) is 0.